The van der Waals surface area contributed by atoms with Gasteiger partial charge in [0.25, 0.3) is 0 Å². The Morgan fingerprint density at radius 2 is 1.54 bits per heavy atom. The van der Waals surface area contributed by atoms with E-state index in [1.807, 2.05) is 0 Å². The molecule has 0 aromatic heterocycles. The minimum absolute atomic E-state index is 0.332. The first kappa shape index (κ1) is 10.1. The van der Waals surface area contributed by atoms with Gasteiger partial charge in [0, 0.05) is 18.2 Å². The van der Waals surface area contributed by atoms with E-state index in [0.717, 1.165) is 6.07 Å². The normalized spacial score (nSPS) is 15.5. The molecular weight excluding hydrogens is 174 g/mol. The highest BCUT2D eigenvalue weighted by atomic mass is 19.1. The molecule has 72 valence electrons. The van der Waals surface area contributed by atoms with Gasteiger partial charge in [-0.25, -0.2) is 8.78 Å². The molecule has 0 unspecified atom stereocenters. The fourth-order valence-electron chi connectivity index (χ4n) is 1.07. The van der Waals surface area contributed by atoms with Crippen molar-refractivity contribution in [1.82, 2.24) is 0 Å². The van der Waals surface area contributed by atoms with Crippen LogP contribution in [-0.4, -0.2) is 6.04 Å². The summed E-state index contributed by atoms with van der Waals surface area (Å²) in [4.78, 5) is 0. The average molecular weight is 186 g/mol. The highest BCUT2D eigenvalue weighted by Crippen LogP contribution is 2.15. The Bertz CT molecular complexity index is 279. The van der Waals surface area contributed by atoms with Crippen LogP contribution in [0.25, 0.3) is 0 Å². The van der Waals surface area contributed by atoms with Gasteiger partial charge >= 0.3 is 0 Å². The third kappa shape index (κ3) is 2.47. The number of halogens is 2. The number of benzene rings is 1. The van der Waals surface area contributed by atoms with E-state index in [0.29, 0.717) is 5.56 Å². The summed E-state index contributed by atoms with van der Waals surface area (Å²) in [5.74, 6) is -1.27. The van der Waals surface area contributed by atoms with Gasteiger partial charge in [0.1, 0.15) is 11.6 Å². The molecule has 0 heterocycles. The Morgan fingerprint density at radius 3 is 1.92 bits per heavy atom. The van der Waals surface area contributed by atoms with Gasteiger partial charge in [0.2, 0.25) is 0 Å². The lowest BCUT2D eigenvalue weighted by atomic mass is 10.0. The van der Waals surface area contributed by atoms with Crippen LogP contribution in [0.4, 0.5) is 8.78 Å². The zero-order valence-corrected chi connectivity index (χ0v) is 7.30. The van der Waals surface area contributed by atoms with E-state index < -0.39 is 17.7 Å². The summed E-state index contributed by atoms with van der Waals surface area (Å²) >= 11 is 0. The van der Waals surface area contributed by atoms with Crippen molar-refractivity contribution >= 4 is 0 Å². The Labute approximate surface area is 75.5 Å². The second kappa shape index (κ2) is 3.81. The number of rotatable bonds is 2. The van der Waals surface area contributed by atoms with Crippen LogP contribution in [0.3, 0.4) is 0 Å². The number of hydrogen-bond acceptors (Lipinski definition) is 2. The van der Waals surface area contributed by atoms with Gasteiger partial charge in [0.15, 0.2) is 0 Å². The van der Waals surface area contributed by atoms with Crippen LogP contribution < -0.4 is 11.5 Å². The Morgan fingerprint density at radius 1 is 1.08 bits per heavy atom. The first-order valence-corrected chi connectivity index (χ1v) is 3.98. The molecular formula is C9H12F2N2. The summed E-state index contributed by atoms with van der Waals surface area (Å²) in [5, 5.41) is 0. The fraction of sp³-hybridized carbons (Fsp3) is 0.333. The van der Waals surface area contributed by atoms with Gasteiger partial charge < -0.3 is 11.5 Å². The van der Waals surface area contributed by atoms with Crippen molar-refractivity contribution in [2.75, 3.05) is 0 Å². The molecule has 2 atom stereocenters. The Hall–Kier alpha value is -1.00. The van der Waals surface area contributed by atoms with Crippen LogP contribution >= 0.6 is 0 Å². The molecule has 4 heteroatoms. The second-order valence-corrected chi connectivity index (χ2v) is 3.09. The summed E-state index contributed by atoms with van der Waals surface area (Å²) in [5.41, 5.74) is 11.5. The maximum Gasteiger partial charge on any atom is 0.126 e. The van der Waals surface area contributed by atoms with Crippen LogP contribution in [0.1, 0.15) is 18.5 Å². The molecule has 1 aromatic carbocycles. The zero-order valence-electron chi connectivity index (χ0n) is 7.30. The van der Waals surface area contributed by atoms with Crippen molar-refractivity contribution in [2.24, 2.45) is 11.5 Å². The molecule has 0 saturated heterocycles. The lowest BCUT2D eigenvalue weighted by molar-refractivity contribution is 0.552. The summed E-state index contributed by atoms with van der Waals surface area (Å²) < 4.78 is 25.4. The highest BCUT2D eigenvalue weighted by molar-refractivity contribution is 5.22. The average Bonchev–Trinajstić information content (AvgIpc) is 2.01. The van der Waals surface area contributed by atoms with Crippen molar-refractivity contribution in [2.45, 2.75) is 19.0 Å². The minimum Gasteiger partial charge on any atom is -0.326 e. The quantitative estimate of drug-likeness (QED) is 0.731. The molecule has 0 aliphatic heterocycles. The summed E-state index contributed by atoms with van der Waals surface area (Å²) in [7, 11) is 0. The van der Waals surface area contributed by atoms with Crippen molar-refractivity contribution in [3.05, 3.63) is 35.4 Å². The molecule has 0 aliphatic rings. The minimum atomic E-state index is -0.633. The molecule has 0 aliphatic carbocycles. The molecule has 0 radical (unpaired) electrons. The van der Waals surface area contributed by atoms with E-state index in [1.54, 1.807) is 6.92 Å². The summed E-state index contributed by atoms with van der Waals surface area (Å²) in [6, 6.07) is 2.32. The van der Waals surface area contributed by atoms with Crippen molar-refractivity contribution < 1.29 is 8.78 Å². The first-order chi connectivity index (χ1) is 6.00. The molecule has 0 amide bonds. The SMILES string of the molecule is C[C@H](N)[C@@H](N)c1cc(F)cc(F)c1. The molecule has 0 saturated carbocycles. The van der Waals surface area contributed by atoms with Crippen LogP contribution in [-0.2, 0) is 0 Å². The molecule has 0 bridgehead atoms. The molecule has 0 spiro atoms. The van der Waals surface area contributed by atoms with Gasteiger partial charge in [-0.1, -0.05) is 0 Å². The monoisotopic (exact) mass is 186 g/mol. The smallest absolute Gasteiger partial charge is 0.126 e. The van der Waals surface area contributed by atoms with Gasteiger partial charge in [-0.05, 0) is 24.6 Å². The van der Waals surface area contributed by atoms with Gasteiger partial charge in [-0.2, -0.15) is 0 Å². The Balaban J connectivity index is 3.01. The van der Waals surface area contributed by atoms with E-state index in [-0.39, 0.29) is 6.04 Å². The summed E-state index contributed by atoms with van der Waals surface area (Å²) in [6.45, 7) is 1.69. The topological polar surface area (TPSA) is 52.0 Å². The maximum absolute atomic E-state index is 12.7. The molecule has 4 N–H and O–H groups in total. The molecule has 0 fully saturated rings. The van der Waals surface area contributed by atoms with E-state index in [1.165, 1.54) is 12.1 Å². The Kier molecular flexibility index (Phi) is 2.95. The standard InChI is InChI=1S/C9H12F2N2/c1-5(12)9(13)6-2-7(10)4-8(11)3-6/h2-5,9H,12-13H2,1H3/t5-,9+/m0/s1. The van der Waals surface area contributed by atoms with E-state index in [2.05, 4.69) is 0 Å². The predicted octanol–water partition coefficient (Wildman–Crippen LogP) is 1.31. The second-order valence-electron chi connectivity index (χ2n) is 3.09. The van der Waals surface area contributed by atoms with Crippen molar-refractivity contribution in [1.29, 1.82) is 0 Å². The molecule has 1 rings (SSSR count). The highest BCUT2D eigenvalue weighted by Gasteiger charge is 2.12. The zero-order chi connectivity index (χ0) is 10.0. The van der Waals surface area contributed by atoms with Gasteiger partial charge in [-0.3, -0.25) is 0 Å². The van der Waals surface area contributed by atoms with Crippen LogP contribution in [0.5, 0.6) is 0 Å². The van der Waals surface area contributed by atoms with Gasteiger partial charge in [0.05, 0.1) is 0 Å². The largest absolute Gasteiger partial charge is 0.326 e. The van der Waals surface area contributed by atoms with Crippen LogP contribution in [0.15, 0.2) is 18.2 Å². The van der Waals surface area contributed by atoms with E-state index >= 15 is 0 Å². The van der Waals surface area contributed by atoms with E-state index in [4.69, 9.17) is 11.5 Å². The summed E-state index contributed by atoms with van der Waals surface area (Å²) in [6.07, 6.45) is 0. The third-order valence-electron chi connectivity index (χ3n) is 1.84. The first-order valence-electron chi connectivity index (χ1n) is 3.98. The lowest BCUT2D eigenvalue weighted by Gasteiger charge is -2.15. The van der Waals surface area contributed by atoms with Crippen LogP contribution in [0.2, 0.25) is 0 Å². The van der Waals surface area contributed by atoms with Crippen LogP contribution in [0, 0.1) is 11.6 Å². The fourth-order valence-corrected chi connectivity index (χ4v) is 1.07. The van der Waals surface area contributed by atoms with Gasteiger partial charge in [-0.15, -0.1) is 0 Å². The van der Waals surface area contributed by atoms with Crippen molar-refractivity contribution in [3.63, 3.8) is 0 Å². The molecule has 2 nitrogen and oxygen atoms in total. The number of hydrogen-bond donors (Lipinski definition) is 2. The molecule has 1 aromatic rings. The predicted molar refractivity (Wildman–Crippen MR) is 46.9 cm³/mol. The van der Waals surface area contributed by atoms with Crippen molar-refractivity contribution in [3.8, 4) is 0 Å². The van der Waals surface area contributed by atoms with E-state index in [9.17, 15) is 8.78 Å². The third-order valence-corrected chi connectivity index (χ3v) is 1.84. The lowest BCUT2D eigenvalue weighted by Crippen LogP contribution is -2.31. The molecule has 13 heavy (non-hydrogen) atoms. The number of nitrogens with two attached hydrogens (primary N) is 2. The maximum atomic E-state index is 12.7.